The number of para-hydroxylation sites is 1. The average molecular weight is 395 g/mol. The molecule has 5 nitrogen and oxygen atoms in total. The van der Waals surface area contributed by atoms with E-state index in [0.717, 1.165) is 50.9 Å². The van der Waals surface area contributed by atoms with Crippen LogP contribution in [0.4, 0.5) is 14.5 Å². The van der Waals surface area contributed by atoms with Gasteiger partial charge in [0.15, 0.2) is 4.90 Å². The first-order chi connectivity index (χ1) is 13.0. The second-order valence-corrected chi connectivity index (χ2v) is 8.17. The van der Waals surface area contributed by atoms with Gasteiger partial charge < -0.3 is 4.90 Å². The minimum atomic E-state index is -4.20. The lowest BCUT2D eigenvalue weighted by molar-refractivity contribution is 0.255. The Balaban J connectivity index is 1.43. The molecule has 1 heterocycles. The van der Waals surface area contributed by atoms with Crippen LogP contribution in [0, 0.1) is 11.6 Å². The molecule has 8 heteroatoms. The Kier molecular flexibility index (Phi) is 6.41. The number of nitrogens with one attached hydrogen (secondary N) is 1. The molecule has 0 spiro atoms. The molecule has 0 saturated carbocycles. The van der Waals surface area contributed by atoms with Gasteiger partial charge in [0.1, 0.15) is 11.6 Å². The Labute approximate surface area is 158 Å². The molecule has 146 valence electrons. The van der Waals surface area contributed by atoms with Gasteiger partial charge in [-0.15, -0.1) is 0 Å². The van der Waals surface area contributed by atoms with Crippen molar-refractivity contribution in [1.82, 2.24) is 9.62 Å². The standard InChI is InChI=1S/C19H23F2N3O2S/c20-17-8-4-9-18(21)19(17)27(25,26)22-10-5-11-23-12-14-24(15-13-23)16-6-2-1-3-7-16/h1-4,6-9,22H,5,10-15H2. The van der Waals surface area contributed by atoms with E-state index >= 15 is 0 Å². The lowest BCUT2D eigenvalue weighted by atomic mass is 10.2. The van der Waals surface area contributed by atoms with Gasteiger partial charge in [-0.05, 0) is 37.2 Å². The van der Waals surface area contributed by atoms with Crippen molar-refractivity contribution < 1.29 is 17.2 Å². The molecule has 3 rings (SSSR count). The van der Waals surface area contributed by atoms with Crippen molar-refractivity contribution in [2.24, 2.45) is 0 Å². The molecule has 0 aromatic heterocycles. The molecular formula is C19H23F2N3O2S. The summed E-state index contributed by atoms with van der Waals surface area (Å²) in [5.41, 5.74) is 1.21. The summed E-state index contributed by atoms with van der Waals surface area (Å²) in [6.07, 6.45) is 0.570. The number of sulfonamides is 1. The number of piperazine rings is 1. The normalized spacial score (nSPS) is 15.9. The molecule has 1 fully saturated rings. The Morgan fingerprint density at radius 1 is 0.889 bits per heavy atom. The summed E-state index contributed by atoms with van der Waals surface area (Å²) in [4.78, 5) is 3.67. The minimum Gasteiger partial charge on any atom is -0.369 e. The molecule has 0 amide bonds. The van der Waals surface area contributed by atoms with E-state index in [1.807, 2.05) is 18.2 Å². The molecule has 2 aromatic carbocycles. The average Bonchev–Trinajstić information content (AvgIpc) is 2.66. The van der Waals surface area contributed by atoms with Crippen molar-refractivity contribution in [1.29, 1.82) is 0 Å². The first-order valence-corrected chi connectivity index (χ1v) is 10.4. The zero-order valence-corrected chi connectivity index (χ0v) is 15.8. The Bertz CT molecular complexity index is 834. The number of rotatable bonds is 7. The van der Waals surface area contributed by atoms with Crippen molar-refractivity contribution in [3.05, 3.63) is 60.2 Å². The molecule has 0 aliphatic carbocycles. The Hall–Kier alpha value is -2.03. The highest BCUT2D eigenvalue weighted by Crippen LogP contribution is 2.18. The predicted molar refractivity (Wildman–Crippen MR) is 101 cm³/mol. The van der Waals surface area contributed by atoms with E-state index in [9.17, 15) is 17.2 Å². The van der Waals surface area contributed by atoms with Gasteiger partial charge >= 0.3 is 0 Å². The Morgan fingerprint density at radius 3 is 2.15 bits per heavy atom. The predicted octanol–water partition coefficient (Wildman–Crippen LogP) is 2.46. The molecule has 1 aliphatic heterocycles. The fraction of sp³-hybridized carbons (Fsp3) is 0.368. The first kappa shape index (κ1) is 19.7. The van der Waals surface area contributed by atoms with E-state index in [0.29, 0.717) is 6.42 Å². The number of halogens is 2. The quantitative estimate of drug-likeness (QED) is 0.732. The van der Waals surface area contributed by atoms with Gasteiger partial charge in [0.25, 0.3) is 0 Å². The van der Waals surface area contributed by atoms with Crippen molar-refractivity contribution >= 4 is 15.7 Å². The molecule has 0 unspecified atom stereocenters. The van der Waals surface area contributed by atoms with Crippen LogP contribution in [0.15, 0.2) is 53.4 Å². The van der Waals surface area contributed by atoms with Gasteiger partial charge in [-0.25, -0.2) is 21.9 Å². The van der Waals surface area contributed by atoms with Crippen LogP contribution >= 0.6 is 0 Å². The fourth-order valence-electron chi connectivity index (χ4n) is 3.19. The van der Waals surface area contributed by atoms with Crippen LogP contribution in [0.3, 0.4) is 0 Å². The third-order valence-corrected chi connectivity index (χ3v) is 6.14. The van der Waals surface area contributed by atoms with Gasteiger partial charge in [-0.1, -0.05) is 24.3 Å². The SMILES string of the molecule is O=S(=O)(NCCCN1CCN(c2ccccc2)CC1)c1c(F)cccc1F. The molecule has 1 saturated heterocycles. The zero-order valence-electron chi connectivity index (χ0n) is 14.9. The highest BCUT2D eigenvalue weighted by Gasteiger charge is 2.23. The van der Waals surface area contributed by atoms with Crippen LogP contribution in [0.5, 0.6) is 0 Å². The minimum absolute atomic E-state index is 0.134. The monoisotopic (exact) mass is 395 g/mol. The van der Waals surface area contributed by atoms with Crippen LogP contribution < -0.4 is 9.62 Å². The summed E-state index contributed by atoms with van der Waals surface area (Å²) < 4.78 is 53.8. The highest BCUT2D eigenvalue weighted by atomic mass is 32.2. The van der Waals surface area contributed by atoms with E-state index < -0.39 is 26.6 Å². The molecule has 27 heavy (non-hydrogen) atoms. The maximum absolute atomic E-state index is 13.7. The van der Waals surface area contributed by atoms with Crippen LogP contribution in [0.25, 0.3) is 0 Å². The maximum atomic E-state index is 13.7. The summed E-state index contributed by atoms with van der Waals surface area (Å²) in [7, 11) is -4.20. The van der Waals surface area contributed by atoms with E-state index in [-0.39, 0.29) is 6.54 Å². The second kappa shape index (κ2) is 8.77. The van der Waals surface area contributed by atoms with E-state index in [2.05, 4.69) is 26.7 Å². The second-order valence-electron chi connectivity index (χ2n) is 6.47. The number of nitrogens with zero attached hydrogens (tertiary/aromatic N) is 2. The van der Waals surface area contributed by atoms with Crippen LogP contribution in [-0.2, 0) is 10.0 Å². The smallest absolute Gasteiger partial charge is 0.246 e. The van der Waals surface area contributed by atoms with Crippen molar-refractivity contribution in [2.75, 3.05) is 44.2 Å². The van der Waals surface area contributed by atoms with E-state index in [1.165, 1.54) is 5.69 Å². The summed E-state index contributed by atoms with van der Waals surface area (Å²) in [5, 5.41) is 0. The van der Waals surface area contributed by atoms with Gasteiger partial charge in [-0.3, -0.25) is 4.90 Å². The van der Waals surface area contributed by atoms with Crippen LogP contribution in [0.1, 0.15) is 6.42 Å². The van der Waals surface area contributed by atoms with Crippen molar-refractivity contribution in [2.45, 2.75) is 11.3 Å². The fourth-order valence-corrected chi connectivity index (χ4v) is 4.40. The van der Waals surface area contributed by atoms with Gasteiger partial charge in [0.2, 0.25) is 10.0 Å². The van der Waals surface area contributed by atoms with Crippen LogP contribution in [0.2, 0.25) is 0 Å². The largest absolute Gasteiger partial charge is 0.369 e. The van der Waals surface area contributed by atoms with E-state index in [1.54, 1.807) is 0 Å². The van der Waals surface area contributed by atoms with Gasteiger partial charge in [0.05, 0.1) is 0 Å². The molecule has 2 aromatic rings. The third kappa shape index (κ3) is 5.03. The molecule has 0 atom stereocenters. The number of anilines is 1. The lowest BCUT2D eigenvalue weighted by Crippen LogP contribution is -2.47. The topological polar surface area (TPSA) is 52.7 Å². The Morgan fingerprint density at radius 2 is 1.52 bits per heavy atom. The summed E-state index contributed by atoms with van der Waals surface area (Å²) in [6.45, 7) is 4.47. The summed E-state index contributed by atoms with van der Waals surface area (Å²) in [6, 6.07) is 13.2. The third-order valence-electron chi connectivity index (χ3n) is 4.62. The van der Waals surface area contributed by atoms with Gasteiger partial charge in [-0.2, -0.15) is 0 Å². The zero-order chi connectivity index (χ0) is 19.3. The summed E-state index contributed by atoms with van der Waals surface area (Å²) in [5.74, 6) is -2.17. The number of hydrogen-bond acceptors (Lipinski definition) is 4. The van der Waals surface area contributed by atoms with Crippen molar-refractivity contribution in [3.8, 4) is 0 Å². The van der Waals surface area contributed by atoms with Crippen LogP contribution in [-0.4, -0.2) is 52.6 Å². The molecule has 1 N–H and O–H groups in total. The highest BCUT2D eigenvalue weighted by molar-refractivity contribution is 7.89. The maximum Gasteiger partial charge on any atom is 0.246 e. The first-order valence-electron chi connectivity index (χ1n) is 8.93. The molecule has 0 radical (unpaired) electrons. The molecule has 0 bridgehead atoms. The lowest BCUT2D eigenvalue weighted by Gasteiger charge is -2.36. The summed E-state index contributed by atoms with van der Waals surface area (Å²) >= 11 is 0. The van der Waals surface area contributed by atoms with Crippen molar-refractivity contribution in [3.63, 3.8) is 0 Å². The van der Waals surface area contributed by atoms with E-state index in [4.69, 9.17) is 0 Å². The molecule has 1 aliphatic rings. The number of benzene rings is 2. The molecular weight excluding hydrogens is 372 g/mol. The van der Waals surface area contributed by atoms with Gasteiger partial charge in [0, 0.05) is 38.4 Å². The number of hydrogen-bond donors (Lipinski definition) is 1.